The van der Waals surface area contributed by atoms with Crippen molar-refractivity contribution in [2.45, 2.75) is 32.2 Å². The van der Waals surface area contributed by atoms with E-state index in [1.807, 2.05) is 0 Å². The monoisotopic (exact) mass is 657 g/mol. The largest absolute Gasteiger partial charge is 0.497 e. The molecule has 0 unspecified atom stereocenters. The van der Waals surface area contributed by atoms with Crippen LogP contribution in [-0.2, 0) is 13.2 Å². The summed E-state index contributed by atoms with van der Waals surface area (Å²) in [5.74, 6) is -5.45. The summed E-state index contributed by atoms with van der Waals surface area (Å²) in [6.07, 6.45) is -5.08. The summed E-state index contributed by atoms with van der Waals surface area (Å²) in [5.41, 5.74) is -6.75. The fourth-order valence-electron chi connectivity index (χ4n) is 4.35. The number of nitrogens with one attached hydrogen (secondary N) is 2. The maximum atomic E-state index is 15.4. The predicted molar refractivity (Wildman–Crippen MR) is 152 cm³/mol. The van der Waals surface area contributed by atoms with Crippen LogP contribution in [0.2, 0.25) is 0 Å². The molecule has 17 heteroatoms. The van der Waals surface area contributed by atoms with Gasteiger partial charge in [0.15, 0.2) is 5.82 Å². The Labute approximate surface area is 256 Å². The molecule has 10 nitrogen and oxygen atoms in total. The van der Waals surface area contributed by atoms with E-state index in [0.717, 1.165) is 56.6 Å². The summed E-state index contributed by atoms with van der Waals surface area (Å²) in [6, 6.07) is 7.21. The molecule has 0 radical (unpaired) electrons. The first-order valence-corrected chi connectivity index (χ1v) is 13.2. The Morgan fingerprint density at radius 1 is 1.02 bits per heavy atom. The van der Waals surface area contributed by atoms with Gasteiger partial charge in [-0.25, -0.2) is 13.8 Å². The van der Waals surface area contributed by atoms with Crippen molar-refractivity contribution in [3.8, 4) is 28.6 Å². The molecule has 0 atom stereocenters. The minimum absolute atomic E-state index is 0.164. The molecule has 2 heterocycles. The van der Waals surface area contributed by atoms with Crippen molar-refractivity contribution in [3.05, 3.63) is 81.6 Å². The Morgan fingerprint density at radius 3 is 2.15 bits per heavy atom. The number of benzene rings is 2. The minimum atomic E-state index is -5.08. The number of amides is 1. The molecular formula is C29H26F7N5O5. The van der Waals surface area contributed by atoms with Gasteiger partial charge in [-0.15, -0.1) is 0 Å². The normalized spacial score (nSPS) is 11.9. The molecule has 2 aromatic heterocycles. The fraction of sp³-hybridized carbons (Fsp3) is 0.276. The van der Waals surface area contributed by atoms with Gasteiger partial charge < -0.3 is 25.2 Å². The molecule has 0 saturated heterocycles. The van der Waals surface area contributed by atoms with E-state index in [9.17, 15) is 36.6 Å². The van der Waals surface area contributed by atoms with Gasteiger partial charge in [0.2, 0.25) is 0 Å². The first kappa shape index (κ1) is 33.8. The number of pyridine rings is 1. The van der Waals surface area contributed by atoms with Crippen LogP contribution in [0.4, 0.5) is 42.2 Å². The summed E-state index contributed by atoms with van der Waals surface area (Å²) in [5, 5.41) is 14.9. The number of hydrogen-bond acceptors (Lipinski definition) is 7. The molecular weight excluding hydrogens is 631 g/mol. The first-order chi connectivity index (χ1) is 21.4. The highest BCUT2D eigenvalue weighted by molar-refractivity contribution is 6.06. The third kappa shape index (κ3) is 7.25. The molecule has 4 rings (SSSR count). The van der Waals surface area contributed by atoms with Crippen molar-refractivity contribution in [1.29, 1.82) is 0 Å². The van der Waals surface area contributed by atoms with E-state index < -0.39 is 69.8 Å². The van der Waals surface area contributed by atoms with Crippen LogP contribution in [0.25, 0.3) is 17.1 Å². The molecule has 0 saturated carbocycles. The third-order valence-corrected chi connectivity index (χ3v) is 6.42. The van der Waals surface area contributed by atoms with Gasteiger partial charge in [-0.3, -0.25) is 14.3 Å². The number of alkyl halides is 5. The molecule has 246 valence electrons. The van der Waals surface area contributed by atoms with Gasteiger partial charge in [0.1, 0.15) is 45.9 Å². The highest BCUT2D eigenvalue weighted by Crippen LogP contribution is 2.37. The van der Waals surface area contributed by atoms with Crippen LogP contribution in [0.1, 0.15) is 29.8 Å². The second-order valence-corrected chi connectivity index (χ2v) is 10.4. The number of methoxy groups -OCH3 is 1. The first-order valence-electron chi connectivity index (χ1n) is 13.2. The van der Waals surface area contributed by atoms with Gasteiger partial charge in [-0.2, -0.15) is 26.6 Å². The highest BCUT2D eigenvalue weighted by Gasteiger charge is 2.38. The van der Waals surface area contributed by atoms with E-state index in [1.54, 1.807) is 0 Å². The zero-order chi connectivity index (χ0) is 34.1. The number of aromatic nitrogens is 3. The number of halogens is 7. The molecule has 0 spiro atoms. The van der Waals surface area contributed by atoms with Crippen LogP contribution < -0.4 is 25.7 Å². The van der Waals surface area contributed by atoms with Crippen LogP contribution in [0.5, 0.6) is 11.5 Å². The lowest BCUT2D eigenvalue weighted by molar-refractivity contribution is -0.137. The molecule has 0 bridgehead atoms. The van der Waals surface area contributed by atoms with Gasteiger partial charge in [0, 0.05) is 31.3 Å². The smallest absolute Gasteiger partial charge is 0.420 e. The molecule has 3 N–H and O–H groups in total. The number of ether oxygens (including phenoxy) is 2. The van der Waals surface area contributed by atoms with Crippen LogP contribution in [0.3, 0.4) is 0 Å². The van der Waals surface area contributed by atoms with Crippen molar-refractivity contribution in [3.63, 3.8) is 0 Å². The molecule has 2 aromatic carbocycles. The second kappa shape index (κ2) is 12.7. The Morgan fingerprint density at radius 2 is 1.63 bits per heavy atom. The third-order valence-electron chi connectivity index (χ3n) is 6.42. The maximum Gasteiger partial charge on any atom is 0.420 e. The number of hydrogen-bond donors (Lipinski definition) is 3. The van der Waals surface area contributed by atoms with Gasteiger partial charge >= 0.3 is 12.8 Å². The topological polar surface area (TPSA) is 120 Å². The van der Waals surface area contributed by atoms with Crippen LogP contribution in [0, 0.1) is 11.6 Å². The van der Waals surface area contributed by atoms with Crippen molar-refractivity contribution in [2.24, 2.45) is 7.05 Å². The van der Waals surface area contributed by atoms with Crippen molar-refractivity contribution < 1.29 is 50.1 Å². The standard InChI is InChI=1S/C29H26F7N5O5/c1-28(2,44)13-37-20-10-9-17(29(34,35)36)24(38-20)41-26(43)22(39-25(42)14-5-7-15(8-6-14)46-27(32)33)23(40(41)3)21-18(30)11-16(45-4)12-19(21)31/h5-12,27,44H,13H2,1-4H3,(H,37,38)(H,39,42). The maximum absolute atomic E-state index is 15.4. The van der Waals surface area contributed by atoms with E-state index in [-0.39, 0.29) is 29.4 Å². The zero-order valence-corrected chi connectivity index (χ0v) is 24.5. The highest BCUT2D eigenvalue weighted by atomic mass is 19.4. The number of rotatable bonds is 10. The Hall–Kier alpha value is -5.06. The molecule has 4 aromatic rings. The Balaban J connectivity index is 1.96. The van der Waals surface area contributed by atoms with E-state index in [2.05, 4.69) is 20.4 Å². The summed E-state index contributed by atoms with van der Waals surface area (Å²) >= 11 is 0. The van der Waals surface area contributed by atoms with Crippen molar-refractivity contribution in [2.75, 3.05) is 24.3 Å². The van der Waals surface area contributed by atoms with Gasteiger partial charge in [-0.05, 0) is 50.2 Å². The Bertz CT molecular complexity index is 1790. The summed E-state index contributed by atoms with van der Waals surface area (Å²) in [4.78, 5) is 31.0. The lowest BCUT2D eigenvalue weighted by atomic mass is 10.1. The Kier molecular flexibility index (Phi) is 9.37. The van der Waals surface area contributed by atoms with Crippen LogP contribution >= 0.6 is 0 Å². The number of aliphatic hydroxyl groups is 1. The van der Waals surface area contributed by atoms with Gasteiger partial charge in [0.05, 0.1) is 18.3 Å². The number of nitrogens with zero attached hydrogens (tertiary/aromatic N) is 3. The van der Waals surface area contributed by atoms with E-state index in [0.29, 0.717) is 15.4 Å². The summed E-state index contributed by atoms with van der Waals surface area (Å²) in [7, 11) is 2.15. The molecule has 0 aliphatic carbocycles. The lowest BCUT2D eigenvalue weighted by Crippen LogP contribution is -2.30. The molecule has 0 aliphatic heterocycles. The zero-order valence-electron chi connectivity index (χ0n) is 24.5. The number of carbonyl (C=O) groups is 1. The van der Waals surface area contributed by atoms with E-state index in [4.69, 9.17) is 4.74 Å². The predicted octanol–water partition coefficient (Wildman–Crippen LogP) is 5.58. The minimum Gasteiger partial charge on any atom is -0.497 e. The van der Waals surface area contributed by atoms with Crippen LogP contribution in [-0.4, -0.2) is 51.2 Å². The van der Waals surface area contributed by atoms with Gasteiger partial charge in [-0.1, -0.05) is 0 Å². The molecule has 0 aliphatic rings. The van der Waals surface area contributed by atoms with Crippen molar-refractivity contribution in [1.82, 2.24) is 14.3 Å². The molecule has 0 fully saturated rings. The average Bonchev–Trinajstić information content (AvgIpc) is 3.18. The summed E-state index contributed by atoms with van der Waals surface area (Å²) < 4.78 is 109. The van der Waals surface area contributed by atoms with Crippen molar-refractivity contribution >= 4 is 17.4 Å². The van der Waals surface area contributed by atoms with E-state index in [1.165, 1.54) is 13.8 Å². The molecule has 46 heavy (non-hydrogen) atoms. The van der Waals surface area contributed by atoms with Crippen LogP contribution in [0.15, 0.2) is 53.3 Å². The van der Waals surface area contributed by atoms with E-state index >= 15 is 8.78 Å². The fourth-order valence-corrected chi connectivity index (χ4v) is 4.35. The lowest BCUT2D eigenvalue weighted by Gasteiger charge is -2.20. The SMILES string of the molecule is COc1cc(F)c(-c2c(NC(=O)c3ccc(OC(F)F)cc3)c(=O)n(-c3nc(NCC(C)(C)O)ccc3C(F)(F)F)n2C)c(F)c1. The summed E-state index contributed by atoms with van der Waals surface area (Å²) in [6.45, 7) is -0.474. The average molecular weight is 658 g/mol. The number of anilines is 2. The second-order valence-electron chi connectivity index (χ2n) is 10.4. The number of carbonyl (C=O) groups excluding carboxylic acids is 1. The molecule has 1 amide bonds. The van der Waals surface area contributed by atoms with Gasteiger partial charge in [0.25, 0.3) is 11.5 Å². The quantitative estimate of drug-likeness (QED) is 0.191.